The molecule has 0 bridgehead atoms. The molecule has 0 aliphatic carbocycles. The van der Waals surface area contributed by atoms with Crippen LogP contribution in [0.3, 0.4) is 0 Å². The Kier molecular flexibility index (Phi) is 6.16. The molecule has 1 fully saturated rings. The fourth-order valence-electron chi connectivity index (χ4n) is 3.07. The Balaban J connectivity index is 1.59. The first-order valence-electron chi connectivity index (χ1n) is 9.11. The Bertz CT molecular complexity index is 865. The van der Waals surface area contributed by atoms with Gasteiger partial charge in [0.1, 0.15) is 5.82 Å². The third-order valence-corrected chi connectivity index (χ3v) is 4.50. The van der Waals surface area contributed by atoms with E-state index in [-0.39, 0.29) is 30.7 Å². The Labute approximate surface area is 162 Å². The summed E-state index contributed by atoms with van der Waals surface area (Å²) in [4.78, 5) is 37.8. The van der Waals surface area contributed by atoms with Crippen LogP contribution < -0.4 is 10.2 Å². The number of amides is 2. The molecule has 1 aliphatic rings. The van der Waals surface area contributed by atoms with Gasteiger partial charge in [0.15, 0.2) is 0 Å². The number of benzene rings is 2. The highest BCUT2D eigenvalue weighted by Crippen LogP contribution is 2.23. The molecule has 2 amide bonds. The fourth-order valence-corrected chi connectivity index (χ4v) is 3.07. The SMILES string of the molecule is CCOC(=O)c1ccc(N2C(=O)C[C@@H](NCCc3ccc(F)cc3)C2=O)cc1. The van der Waals surface area contributed by atoms with Gasteiger partial charge in [-0.1, -0.05) is 12.1 Å². The van der Waals surface area contributed by atoms with Gasteiger partial charge in [-0.3, -0.25) is 9.59 Å². The van der Waals surface area contributed by atoms with Crippen LogP contribution in [0.2, 0.25) is 0 Å². The van der Waals surface area contributed by atoms with E-state index in [1.807, 2.05) is 0 Å². The number of nitrogens with zero attached hydrogens (tertiary/aromatic N) is 1. The van der Waals surface area contributed by atoms with Gasteiger partial charge in [-0.2, -0.15) is 0 Å². The number of carbonyl (C=O) groups excluding carboxylic acids is 3. The molecule has 0 unspecified atom stereocenters. The van der Waals surface area contributed by atoms with Crippen molar-refractivity contribution in [3.8, 4) is 0 Å². The Morgan fingerprint density at radius 2 is 1.82 bits per heavy atom. The van der Waals surface area contributed by atoms with Crippen LogP contribution in [0.15, 0.2) is 48.5 Å². The molecule has 6 nitrogen and oxygen atoms in total. The first-order chi connectivity index (χ1) is 13.5. The minimum atomic E-state index is -0.599. The number of halogens is 1. The summed E-state index contributed by atoms with van der Waals surface area (Å²) < 4.78 is 17.9. The lowest BCUT2D eigenvalue weighted by molar-refractivity contribution is -0.121. The van der Waals surface area contributed by atoms with E-state index in [9.17, 15) is 18.8 Å². The van der Waals surface area contributed by atoms with Gasteiger partial charge in [-0.25, -0.2) is 14.1 Å². The number of anilines is 1. The summed E-state index contributed by atoms with van der Waals surface area (Å²) in [5.41, 5.74) is 1.72. The van der Waals surface area contributed by atoms with Crippen molar-refractivity contribution < 1.29 is 23.5 Å². The lowest BCUT2D eigenvalue weighted by Gasteiger charge is -2.16. The standard InChI is InChI=1S/C21H21FN2O4/c1-2-28-21(27)15-5-9-17(10-6-15)24-19(25)13-18(20(24)26)23-12-11-14-3-7-16(22)8-4-14/h3-10,18,23H,2,11-13H2,1H3/t18-/m1/s1. The average Bonchev–Trinajstić information content (AvgIpc) is 2.97. The highest BCUT2D eigenvalue weighted by Gasteiger charge is 2.39. The predicted octanol–water partition coefficient (Wildman–Crippen LogP) is 2.47. The molecule has 0 aromatic heterocycles. The second kappa shape index (κ2) is 8.75. The molecule has 1 atom stereocenters. The third-order valence-electron chi connectivity index (χ3n) is 4.50. The second-order valence-electron chi connectivity index (χ2n) is 6.42. The minimum absolute atomic E-state index is 0.0713. The van der Waals surface area contributed by atoms with Crippen molar-refractivity contribution in [1.29, 1.82) is 0 Å². The summed E-state index contributed by atoms with van der Waals surface area (Å²) in [7, 11) is 0. The van der Waals surface area contributed by atoms with Crippen molar-refractivity contribution >= 4 is 23.5 Å². The molecule has 0 spiro atoms. The topological polar surface area (TPSA) is 75.7 Å². The van der Waals surface area contributed by atoms with E-state index in [0.29, 0.717) is 24.2 Å². The molecule has 7 heteroatoms. The lowest BCUT2D eigenvalue weighted by atomic mass is 10.1. The Morgan fingerprint density at radius 3 is 2.46 bits per heavy atom. The van der Waals surface area contributed by atoms with Gasteiger partial charge < -0.3 is 10.1 Å². The number of hydrogen-bond donors (Lipinski definition) is 1. The Hall–Kier alpha value is -3.06. The molecule has 28 heavy (non-hydrogen) atoms. The second-order valence-corrected chi connectivity index (χ2v) is 6.42. The van der Waals surface area contributed by atoms with Crippen molar-refractivity contribution in [1.82, 2.24) is 5.32 Å². The highest BCUT2D eigenvalue weighted by molar-refractivity contribution is 6.22. The molecule has 1 saturated heterocycles. The molecule has 0 saturated carbocycles. The molecule has 0 radical (unpaired) electrons. The van der Waals surface area contributed by atoms with E-state index in [2.05, 4.69) is 5.32 Å². The number of rotatable bonds is 7. The van der Waals surface area contributed by atoms with Crippen LogP contribution in [-0.2, 0) is 20.7 Å². The van der Waals surface area contributed by atoms with Crippen LogP contribution in [0.5, 0.6) is 0 Å². The van der Waals surface area contributed by atoms with Crippen LogP contribution in [0.4, 0.5) is 10.1 Å². The summed E-state index contributed by atoms with van der Waals surface area (Å²) in [6, 6.07) is 11.7. The molecule has 1 heterocycles. The number of carbonyl (C=O) groups is 3. The maximum absolute atomic E-state index is 12.9. The van der Waals surface area contributed by atoms with Gasteiger partial charge in [0, 0.05) is 0 Å². The lowest BCUT2D eigenvalue weighted by Crippen LogP contribution is -2.39. The van der Waals surface area contributed by atoms with Crippen molar-refractivity contribution in [2.45, 2.75) is 25.8 Å². The van der Waals surface area contributed by atoms with E-state index >= 15 is 0 Å². The summed E-state index contributed by atoms with van der Waals surface area (Å²) in [5, 5.41) is 3.09. The van der Waals surface area contributed by atoms with Gasteiger partial charge >= 0.3 is 5.97 Å². The molecule has 146 valence electrons. The van der Waals surface area contributed by atoms with Gasteiger partial charge in [0.25, 0.3) is 5.91 Å². The van der Waals surface area contributed by atoms with Crippen LogP contribution in [0, 0.1) is 5.82 Å². The molecular formula is C21H21FN2O4. The monoisotopic (exact) mass is 384 g/mol. The number of hydrogen-bond acceptors (Lipinski definition) is 5. The van der Waals surface area contributed by atoms with E-state index < -0.39 is 12.0 Å². The molecule has 3 rings (SSSR count). The highest BCUT2D eigenvalue weighted by atomic mass is 19.1. The smallest absolute Gasteiger partial charge is 0.338 e. The maximum atomic E-state index is 12.9. The summed E-state index contributed by atoms with van der Waals surface area (Å²) in [5.74, 6) is -1.37. The predicted molar refractivity (Wildman–Crippen MR) is 101 cm³/mol. The maximum Gasteiger partial charge on any atom is 0.338 e. The first kappa shape index (κ1) is 19.7. The zero-order valence-electron chi connectivity index (χ0n) is 15.5. The fraction of sp³-hybridized carbons (Fsp3) is 0.286. The summed E-state index contributed by atoms with van der Waals surface area (Å²) in [6.45, 7) is 2.48. The van der Waals surface area contributed by atoms with Gasteiger partial charge in [-0.15, -0.1) is 0 Å². The van der Waals surface area contributed by atoms with Crippen molar-refractivity contribution in [3.63, 3.8) is 0 Å². The minimum Gasteiger partial charge on any atom is -0.462 e. The number of ether oxygens (including phenoxy) is 1. The first-order valence-corrected chi connectivity index (χ1v) is 9.11. The molecule has 1 N–H and O–H groups in total. The van der Waals surface area contributed by atoms with Gasteiger partial charge in [0.05, 0.1) is 30.3 Å². The zero-order valence-corrected chi connectivity index (χ0v) is 15.5. The molecule has 1 aliphatic heterocycles. The van der Waals surface area contributed by atoms with Gasteiger partial charge in [0.2, 0.25) is 5.91 Å². The van der Waals surface area contributed by atoms with Gasteiger partial charge in [-0.05, 0) is 61.9 Å². The third kappa shape index (κ3) is 4.43. The number of esters is 1. The normalized spacial score (nSPS) is 16.5. The van der Waals surface area contributed by atoms with Crippen LogP contribution in [-0.4, -0.2) is 37.0 Å². The largest absolute Gasteiger partial charge is 0.462 e. The van der Waals surface area contributed by atoms with Crippen LogP contribution in [0.25, 0.3) is 0 Å². The summed E-state index contributed by atoms with van der Waals surface area (Å²) >= 11 is 0. The zero-order chi connectivity index (χ0) is 20.1. The molecular weight excluding hydrogens is 363 g/mol. The van der Waals surface area contributed by atoms with E-state index in [4.69, 9.17) is 4.74 Å². The van der Waals surface area contributed by atoms with E-state index in [0.717, 1.165) is 10.5 Å². The summed E-state index contributed by atoms with van der Waals surface area (Å²) in [6.07, 6.45) is 0.689. The molecule has 2 aromatic rings. The van der Waals surface area contributed by atoms with Crippen LogP contribution in [0.1, 0.15) is 29.3 Å². The van der Waals surface area contributed by atoms with E-state index in [1.165, 1.54) is 24.3 Å². The van der Waals surface area contributed by atoms with Crippen molar-refractivity contribution in [3.05, 3.63) is 65.5 Å². The number of imide groups is 1. The Morgan fingerprint density at radius 1 is 1.14 bits per heavy atom. The number of nitrogens with one attached hydrogen (secondary N) is 1. The van der Waals surface area contributed by atoms with Crippen LogP contribution >= 0.6 is 0 Å². The quantitative estimate of drug-likeness (QED) is 0.586. The van der Waals surface area contributed by atoms with E-state index in [1.54, 1.807) is 31.2 Å². The van der Waals surface area contributed by atoms with Crippen molar-refractivity contribution in [2.75, 3.05) is 18.1 Å². The molecule has 2 aromatic carbocycles. The van der Waals surface area contributed by atoms with Crippen molar-refractivity contribution in [2.24, 2.45) is 0 Å². The average molecular weight is 384 g/mol.